The number of thiophene rings is 1. The minimum Gasteiger partial charge on any atom is -0.228 e. The van der Waals surface area contributed by atoms with Gasteiger partial charge in [-0.15, -0.1) is 11.3 Å². The second-order valence-electron chi connectivity index (χ2n) is 16.0. The van der Waals surface area contributed by atoms with Gasteiger partial charge >= 0.3 is 0 Å². The summed E-state index contributed by atoms with van der Waals surface area (Å²) in [5.41, 5.74) is 16.4. The van der Waals surface area contributed by atoms with E-state index in [1.807, 2.05) is 11.3 Å². The van der Waals surface area contributed by atoms with Gasteiger partial charge < -0.3 is 0 Å². The molecule has 2 heterocycles. The summed E-state index contributed by atoms with van der Waals surface area (Å²) in [6.07, 6.45) is 0. The molecule has 0 radical (unpaired) electrons. The molecule has 0 spiro atoms. The fraction of sp³-hybridized carbons (Fsp3) is 0.0169. The molecule has 0 unspecified atom stereocenters. The lowest BCUT2D eigenvalue weighted by atomic mass is 9.67. The molecule has 0 amide bonds. The Kier molecular flexibility index (Phi) is 8.62. The van der Waals surface area contributed by atoms with E-state index in [1.54, 1.807) is 0 Å². The maximum absolute atomic E-state index is 5.61. The smallest absolute Gasteiger partial charge is 0.161 e. The van der Waals surface area contributed by atoms with E-state index >= 15 is 0 Å². The number of fused-ring (bicyclic) bond motifs is 6. The fourth-order valence-electron chi connectivity index (χ4n) is 9.90. The van der Waals surface area contributed by atoms with Crippen LogP contribution in [0.5, 0.6) is 0 Å². The van der Waals surface area contributed by atoms with E-state index in [2.05, 4.69) is 231 Å². The lowest BCUT2D eigenvalue weighted by molar-refractivity contribution is 0.768. The van der Waals surface area contributed by atoms with Crippen molar-refractivity contribution in [1.82, 2.24) is 9.97 Å². The van der Waals surface area contributed by atoms with Gasteiger partial charge in [0.05, 0.1) is 16.8 Å². The Morgan fingerprint density at radius 3 is 1.58 bits per heavy atom. The molecule has 2 aromatic heterocycles. The molecule has 62 heavy (non-hydrogen) atoms. The molecule has 1 aliphatic rings. The van der Waals surface area contributed by atoms with Crippen LogP contribution in [0.2, 0.25) is 0 Å². The van der Waals surface area contributed by atoms with E-state index in [4.69, 9.17) is 9.97 Å². The zero-order valence-electron chi connectivity index (χ0n) is 33.7. The second kappa shape index (κ2) is 14.8. The molecule has 12 rings (SSSR count). The molecule has 1 aliphatic carbocycles. The van der Waals surface area contributed by atoms with E-state index in [9.17, 15) is 0 Å². The highest BCUT2D eigenvalue weighted by atomic mass is 32.1. The number of rotatable bonds is 7. The van der Waals surface area contributed by atoms with E-state index in [0.29, 0.717) is 5.82 Å². The number of hydrogen-bond donors (Lipinski definition) is 0. The largest absolute Gasteiger partial charge is 0.228 e. The first-order valence-corrected chi connectivity index (χ1v) is 22.0. The lowest BCUT2D eigenvalue weighted by Gasteiger charge is -2.33. The van der Waals surface area contributed by atoms with Crippen molar-refractivity contribution in [1.29, 1.82) is 0 Å². The topological polar surface area (TPSA) is 25.8 Å². The third-order valence-electron chi connectivity index (χ3n) is 12.6. The van der Waals surface area contributed by atoms with Crippen LogP contribution in [0, 0.1) is 0 Å². The van der Waals surface area contributed by atoms with Crippen molar-refractivity contribution < 1.29 is 0 Å². The molecule has 9 aromatic carbocycles. The Labute approximate surface area is 365 Å². The Morgan fingerprint density at radius 1 is 0.339 bits per heavy atom. The predicted octanol–water partition coefficient (Wildman–Crippen LogP) is 15.5. The molecular formula is C59H38N2S. The molecule has 0 fully saturated rings. The lowest BCUT2D eigenvalue weighted by Crippen LogP contribution is -2.28. The molecule has 0 N–H and O–H groups in total. The monoisotopic (exact) mass is 806 g/mol. The average Bonchev–Trinajstić information content (AvgIpc) is 3.89. The van der Waals surface area contributed by atoms with Crippen LogP contribution in [-0.2, 0) is 5.41 Å². The van der Waals surface area contributed by atoms with Crippen LogP contribution >= 0.6 is 11.3 Å². The van der Waals surface area contributed by atoms with Gasteiger partial charge in [0.25, 0.3) is 0 Å². The number of nitrogens with zero attached hydrogens (tertiary/aromatic N) is 2. The Morgan fingerprint density at radius 2 is 0.839 bits per heavy atom. The third-order valence-corrected chi connectivity index (χ3v) is 13.9. The molecule has 0 aliphatic heterocycles. The summed E-state index contributed by atoms with van der Waals surface area (Å²) < 4.78 is 2.49. The first kappa shape index (κ1) is 36.2. The van der Waals surface area contributed by atoms with Gasteiger partial charge in [-0.1, -0.05) is 218 Å². The second-order valence-corrected chi connectivity index (χ2v) is 17.0. The molecule has 3 heteroatoms. The highest BCUT2D eigenvalue weighted by Crippen LogP contribution is 2.58. The van der Waals surface area contributed by atoms with Crippen LogP contribution in [-0.4, -0.2) is 9.97 Å². The predicted molar refractivity (Wildman–Crippen MR) is 259 cm³/mol. The summed E-state index contributed by atoms with van der Waals surface area (Å²) in [7, 11) is 0. The van der Waals surface area contributed by atoms with Crippen molar-refractivity contribution in [2.45, 2.75) is 5.41 Å². The van der Waals surface area contributed by atoms with Gasteiger partial charge in [-0.05, 0) is 67.8 Å². The number of aromatic nitrogens is 2. The van der Waals surface area contributed by atoms with Crippen LogP contribution < -0.4 is 0 Å². The number of hydrogen-bond acceptors (Lipinski definition) is 3. The van der Waals surface area contributed by atoms with Gasteiger partial charge in [0, 0.05) is 36.9 Å². The summed E-state index contributed by atoms with van der Waals surface area (Å²) in [6.45, 7) is 0. The highest BCUT2D eigenvalue weighted by Gasteiger charge is 2.47. The summed E-state index contributed by atoms with van der Waals surface area (Å²) in [5.74, 6) is 0.702. The third kappa shape index (κ3) is 5.70. The molecular weight excluding hydrogens is 769 g/mol. The molecule has 11 aromatic rings. The Hall–Kier alpha value is -7.72. The van der Waals surface area contributed by atoms with Crippen molar-refractivity contribution in [2.24, 2.45) is 0 Å². The first-order chi connectivity index (χ1) is 30.8. The Bertz CT molecular complexity index is 3400. The van der Waals surface area contributed by atoms with Crippen molar-refractivity contribution in [3.63, 3.8) is 0 Å². The van der Waals surface area contributed by atoms with Crippen molar-refractivity contribution in [2.75, 3.05) is 0 Å². The maximum atomic E-state index is 5.61. The summed E-state index contributed by atoms with van der Waals surface area (Å²) in [6, 6.07) is 83.3. The van der Waals surface area contributed by atoms with Gasteiger partial charge in [0.2, 0.25) is 0 Å². The minimum atomic E-state index is -0.536. The van der Waals surface area contributed by atoms with Crippen LogP contribution in [0.3, 0.4) is 0 Å². The maximum Gasteiger partial charge on any atom is 0.161 e. The van der Waals surface area contributed by atoms with Crippen LogP contribution in [0.25, 0.3) is 87.5 Å². The molecule has 290 valence electrons. The SMILES string of the molecule is c1ccc(-c2ccc(-c3ccccc3-c3cc(-c4cccc5c4sc4ccccc45)nc(-c4cccc5c4-c4ccccc4C5(c4ccccc4)c4ccccc4)n3)cc2)cc1. The molecule has 0 saturated carbocycles. The highest BCUT2D eigenvalue weighted by molar-refractivity contribution is 7.26. The van der Waals surface area contributed by atoms with Gasteiger partial charge in [0.15, 0.2) is 5.82 Å². The van der Waals surface area contributed by atoms with Crippen molar-refractivity contribution >= 4 is 31.5 Å². The number of benzene rings is 9. The van der Waals surface area contributed by atoms with Gasteiger partial charge in [-0.2, -0.15) is 0 Å². The van der Waals surface area contributed by atoms with Gasteiger partial charge in [0.1, 0.15) is 0 Å². The zero-order chi connectivity index (χ0) is 41.0. The average molecular weight is 807 g/mol. The van der Waals surface area contributed by atoms with E-state index in [-0.39, 0.29) is 0 Å². The first-order valence-electron chi connectivity index (χ1n) is 21.2. The molecule has 0 saturated heterocycles. The summed E-state index contributed by atoms with van der Waals surface area (Å²) in [4.78, 5) is 11.2. The molecule has 2 nitrogen and oxygen atoms in total. The normalized spacial score (nSPS) is 12.6. The van der Waals surface area contributed by atoms with Gasteiger partial charge in [-0.25, -0.2) is 9.97 Å². The zero-order valence-corrected chi connectivity index (χ0v) is 34.6. The van der Waals surface area contributed by atoms with Crippen molar-refractivity contribution in [3.05, 3.63) is 253 Å². The molecule has 0 atom stereocenters. The standard InChI is InChI=1S/C59H38N2S/c1-4-18-39(19-5-1)40-34-36-41(37-35-40)44-24-10-11-25-45(44)53-38-54(49-29-16-28-47-46-26-13-15-33-55(46)62-57(47)49)61-58(60-53)50-30-17-32-52-56(50)48-27-12-14-31-51(48)59(52,42-20-6-2-7-21-42)43-22-8-3-9-23-43/h1-38H. The van der Waals surface area contributed by atoms with E-state index in [1.165, 1.54) is 64.7 Å². The fourth-order valence-corrected chi connectivity index (χ4v) is 11.1. The van der Waals surface area contributed by atoms with Crippen molar-refractivity contribution in [3.8, 4) is 67.3 Å². The quantitative estimate of drug-likeness (QED) is 0.160. The summed E-state index contributed by atoms with van der Waals surface area (Å²) in [5, 5.41) is 2.51. The summed E-state index contributed by atoms with van der Waals surface area (Å²) >= 11 is 1.83. The van der Waals surface area contributed by atoms with Crippen LogP contribution in [0.15, 0.2) is 231 Å². The van der Waals surface area contributed by atoms with Crippen LogP contribution in [0.4, 0.5) is 0 Å². The molecule has 0 bridgehead atoms. The van der Waals surface area contributed by atoms with Gasteiger partial charge in [-0.3, -0.25) is 0 Å². The van der Waals surface area contributed by atoms with E-state index in [0.717, 1.165) is 39.2 Å². The minimum absolute atomic E-state index is 0.536. The van der Waals surface area contributed by atoms with E-state index < -0.39 is 5.41 Å². The van der Waals surface area contributed by atoms with Crippen LogP contribution in [0.1, 0.15) is 22.3 Å². The Balaban J connectivity index is 1.12.